The Morgan fingerprint density at radius 3 is 2.70 bits per heavy atom. The molecule has 0 radical (unpaired) electrons. The average molecular weight is 409 g/mol. The lowest BCUT2D eigenvalue weighted by Crippen LogP contribution is -2.29. The Bertz CT molecular complexity index is 1230. The minimum absolute atomic E-state index is 0.0194. The van der Waals surface area contributed by atoms with Crippen LogP contribution in [0.3, 0.4) is 0 Å². The van der Waals surface area contributed by atoms with Gasteiger partial charge in [-0.3, -0.25) is 14.6 Å². The second kappa shape index (κ2) is 8.77. The van der Waals surface area contributed by atoms with Gasteiger partial charge in [-0.05, 0) is 56.2 Å². The Balaban J connectivity index is 2.04. The van der Waals surface area contributed by atoms with E-state index in [0.29, 0.717) is 36.6 Å². The van der Waals surface area contributed by atoms with E-state index >= 15 is 0 Å². The van der Waals surface area contributed by atoms with Crippen LogP contribution in [-0.4, -0.2) is 37.5 Å². The monoisotopic (exact) mass is 409 g/mol. The van der Waals surface area contributed by atoms with E-state index < -0.39 is 24.1 Å². The number of benzene rings is 1. The van der Waals surface area contributed by atoms with E-state index in [2.05, 4.69) is 15.0 Å². The highest BCUT2D eigenvalue weighted by Crippen LogP contribution is 2.24. The van der Waals surface area contributed by atoms with E-state index in [1.807, 2.05) is 26.0 Å². The van der Waals surface area contributed by atoms with Gasteiger partial charge in [0.25, 0.3) is 11.8 Å². The number of nitrogens with zero attached hydrogens (tertiary/aromatic N) is 4. The highest BCUT2D eigenvalue weighted by molar-refractivity contribution is 6.52. The van der Waals surface area contributed by atoms with Crippen molar-refractivity contribution in [2.45, 2.75) is 45.9 Å². The molecule has 3 rings (SSSR count). The molecule has 1 aromatic rings. The Hall–Kier alpha value is -3.68. The summed E-state index contributed by atoms with van der Waals surface area (Å²) in [5, 5.41) is 17.7. The van der Waals surface area contributed by atoms with E-state index in [0.717, 1.165) is 11.1 Å². The summed E-state index contributed by atoms with van der Waals surface area (Å²) in [7, 11) is 0. The third-order valence-corrected chi connectivity index (χ3v) is 5.04. The molecule has 0 atom stereocenters. The molecule has 0 saturated heterocycles. The molecule has 11 heteroatoms. The quantitative estimate of drug-likeness (QED) is 0.323. The highest BCUT2D eigenvalue weighted by atomic mass is 16.4. The number of rotatable bonds is 8. The first-order valence-electron chi connectivity index (χ1n) is 9.48. The van der Waals surface area contributed by atoms with E-state index in [4.69, 9.17) is 15.0 Å². The summed E-state index contributed by atoms with van der Waals surface area (Å²) >= 11 is 0. The maximum absolute atomic E-state index is 12.3. The summed E-state index contributed by atoms with van der Waals surface area (Å²) in [4.78, 5) is 45.4. The molecule has 2 N–H and O–H groups in total. The van der Waals surface area contributed by atoms with Crippen LogP contribution in [0.5, 0.6) is 0 Å². The largest absolute Gasteiger partial charge is 0.498 e. The van der Waals surface area contributed by atoms with Crippen LogP contribution in [0, 0.1) is 25.4 Å². The van der Waals surface area contributed by atoms with Crippen molar-refractivity contribution in [1.82, 2.24) is 19.5 Å². The molecule has 2 aliphatic rings. The van der Waals surface area contributed by atoms with Gasteiger partial charge in [-0.15, -0.1) is 0 Å². The van der Waals surface area contributed by atoms with Gasteiger partial charge in [-0.25, -0.2) is 9.78 Å². The first-order chi connectivity index (χ1) is 14.3. The molecule has 0 unspecified atom stereocenters. The first kappa shape index (κ1) is 21.0. The number of hydrogen-bond donors (Lipinski definition) is 2. The van der Waals surface area contributed by atoms with Crippen molar-refractivity contribution in [3.8, 4) is 17.8 Å². The van der Waals surface area contributed by atoms with Crippen LogP contribution in [0.15, 0.2) is 21.7 Å². The van der Waals surface area contributed by atoms with Gasteiger partial charge in [0.05, 0.1) is 11.0 Å². The SMILES string of the molecule is Cc1cc2nc3c(=O)[nH]c(=O)nc-3n(CCB(CCCC(=O)O)OC#N)c2cc1C. The van der Waals surface area contributed by atoms with Crippen LogP contribution in [0.25, 0.3) is 22.6 Å². The number of hydrogen-bond acceptors (Lipinski definition) is 7. The van der Waals surface area contributed by atoms with Crippen LogP contribution in [0.4, 0.5) is 0 Å². The summed E-state index contributed by atoms with van der Waals surface area (Å²) in [6, 6.07) is 3.77. The van der Waals surface area contributed by atoms with Gasteiger partial charge in [0, 0.05) is 13.0 Å². The lowest BCUT2D eigenvalue weighted by molar-refractivity contribution is -0.137. The van der Waals surface area contributed by atoms with Gasteiger partial charge in [-0.1, -0.05) is 0 Å². The third-order valence-electron chi connectivity index (χ3n) is 5.04. The topological polar surface area (TPSA) is 151 Å². The zero-order chi connectivity index (χ0) is 21.8. The molecule has 0 amide bonds. The number of H-pyrrole nitrogens is 1. The molecule has 154 valence electrons. The van der Waals surface area contributed by atoms with E-state index in [-0.39, 0.29) is 17.9 Å². The summed E-state index contributed by atoms with van der Waals surface area (Å²) < 4.78 is 6.82. The minimum atomic E-state index is -0.913. The number of carbonyl (C=O) groups is 1. The Kier molecular flexibility index (Phi) is 6.16. The molecule has 0 fully saturated rings. The summed E-state index contributed by atoms with van der Waals surface area (Å²) in [5.74, 6) is -0.760. The Morgan fingerprint density at radius 1 is 1.27 bits per heavy atom. The Labute approximate surface area is 171 Å². The van der Waals surface area contributed by atoms with Crippen LogP contribution in [-0.2, 0) is 16.0 Å². The molecule has 1 aromatic carbocycles. The van der Waals surface area contributed by atoms with Gasteiger partial charge in [0.1, 0.15) is 0 Å². The molecule has 0 aliphatic carbocycles. The molecule has 10 nitrogen and oxygen atoms in total. The number of aryl methyl sites for hydroxylation is 3. The number of carboxylic acid groups (broad SMARTS) is 1. The highest BCUT2D eigenvalue weighted by Gasteiger charge is 2.23. The van der Waals surface area contributed by atoms with Crippen molar-refractivity contribution < 1.29 is 14.6 Å². The van der Waals surface area contributed by atoms with Crippen molar-refractivity contribution in [2.24, 2.45) is 0 Å². The predicted octanol–water partition coefficient (Wildman–Crippen LogP) is 1.56. The maximum atomic E-state index is 12.3. The molecular weight excluding hydrogens is 389 g/mol. The molecule has 0 aromatic heterocycles. The average Bonchev–Trinajstić information content (AvgIpc) is 2.66. The van der Waals surface area contributed by atoms with E-state index in [9.17, 15) is 14.4 Å². The number of fused-ring (bicyclic) bond motifs is 2. The number of aromatic nitrogens is 4. The van der Waals surface area contributed by atoms with Crippen LogP contribution in [0.2, 0.25) is 12.6 Å². The fourth-order valence-corrected chi connectivity index (χ4v) is 3.37. The number of aromatic amines is 1. The zero-order valence-corrected chi connectivity index (χ0v) is 16.6. The zero-order valence-electron chi connectivity index (χ0n) is 16.6. The number of nitriles is 1. The van der Waals surface area contributed by atoms with Crippen LogP contribution < -0.4 is 11.2 Å². The van der Waals surface area contributed by atoms with Crippen LogP contribution >= 0.6 is 0 Å². The second-order valence-electron chi connectivity index (χ2n) is 7.14. The van der Waals surface area contributed by atoms with Gasteiger partial charge in [-0.2, -0.15) is 10.2 Å². The number of carboxylic acids is 1. The summed E-state index contributed by atoms with van der Waals surface area (Å²) in [5.41, 5.74) is 1.96. The number of nitrogens with one attached hydrogen (secondary N) is 1. The lowest BCUT2D eigenvalue weighted by atomic mass is 9.60. The predicted molar refractivity (Wildman–Crippen MR) is 109 cm³/mol. The van der Waals surface area contributed by atoms with Crippen molar-refractivity contribution in [3.05, 3.63) is 44.1 Å². The maximum Gasteiger partial charge on any atom is 0.375 e. The molecule has 0 spiro atoms. The fraction of sp³-hybridized carbons (Fsp3) is 0.368. The van der Waals surface area contributed by atoms with Crippen molar-refractivity contribution in [3.63, 3.8) is 0 Å². The van der Waals surface area contributed by atoms with Gasteiger partial charge in [0.15, 0.2) is 11.5 Å². The summed E-state index contributed by atoms with van der Waals surface area (Å²) in [6.07, 6.45) is 2.76. The first-order valence-corrected chi connectivity index (χ1v) is 9.48. The van der Waals surface area contributed by atoms with Crippen LogP contribution in [0.1, 0.15) is 24.0 Å². The Morgan fingerprint density at radius 2 is 2.00 bits per heavy atom. The molecule has 2 aliphatic heterocycles. The minimum Gasteiger partial charge on any atom is -0.498 e. The normalized spacial score (nSPS) is 10.8. The van der Waals surface area contributed by atoms with Gasteiger partial charge < -0.3 is 14.3 Å². The van der Waals surface area contributed by atoms with Gasteiger partial charge in [0.2, 0.25) is 0 Å². The standard InChI is InChI=1S/C19H20BN5O5/c1-11-8-13-14(9-12(11)2)25(17-16(22-13)18(28)24-19(29)23-17)7-6-20(30-10-21)5-3-4-15(26)27/h8-9H,3-7H2,1-2H3,(H,26,27)(H,24,28,29). The van der Waals surface area contributed by atoms with E-state index in [1.54, 1.807) is 10.8 Å². The fourth-order valence-electron chi connectivity index (χ4n) is 3.37. The molecule has 0 saturated carbocycles. The van der Waals surface area contributed by atoms with Crippen molar-refractivity contribution >= 4 is 23.9 Å². The third kappa shape index (κ3) is 4.48. The molecule has 30 heavy (non-hydrogen) atoms. The van der Waals surface area contributed by atoms with Crippen molar-refractivity contribution in [2.75, 3.05) is 0 Å². The lowest BCUT2D eigenvalue weighted by Gasteiger charge is -2.19. The van der Waals surface area contributed by atoms with Crippen molar-refractivity contribution in [1.29, 1.82) is 5.26 Å². The number of aliphatic carboxylic acids is 1. The second-order valence-corrected chi connectivity index (χ2v) is 7.14. The van der Waals surface area contributed by atoms with Gasteiger partial charge >= 0.3 is 18.6 Å². The molecular formula is C19H20BN5O5. The summed E-state index contributed by atoms with van der Waals surface area (Å²) in [6.45, 7) is 3.68. The molecule has 2 heterocycles. The van der Waals surface area contributed by atoms with E-state index in [1.165, 1.54) is 0 Å². The smallest absolute Gasteiger partial charge is 0.375 e. The molecule has 0 bridgehead atoms.